The summed E-state index contributed by atoms with van der Waals surface area (Å²) in [5, 5.41) is 0. The van der Waals surface area contributed by atoms with Crippen LogP contribution in [0.25, 0.3) is 0 Å². The molecule has 1 nitrogen and oxygen atoms in total. The summed E-state index contributed by atoms with van der Waals surface area (Å²) in [6.07, 6.45) is 12.9. The second-order valence-electron chi connectivity index (χ2n) is 3.12. The molecular formula is C10H15N. The molecule has 11 heavy (non-hydrogen) atoms. The lowest BCUT2D eigenvalue weighted by atomic mass is 10.1. The fraction of sp³-hybridized carbons (Fsp3) is 0.600. The van der Waals surface area contributed by atoms with Crippen molar-refractivity contribution in [3.05, 3.63) is 11.6 Å². The van der Waals surface area contributed by atoms with E-state index in [1.54, 1.807) is 0 Å². The minimum Gasteiger partial charge on any atom is -0.324 e. The molecular weight excluding hydrogens is 134 g/mol. The minimum absolute atomic E-state index is 0.251. The first kappa shape index (κ1) is 8.36. The molecule has 1 aliphatic rings. The number of hydrogen-bond acceptors (Lipinski definition) is 1. The van der Waals surface area contributed by atoms with E-state index in [4.69, 9.17) is 12.2 Å². The summed E-state index contributed by atoms with van der Waals surface area (Å²) in [6, 6.07) is 0.251. The molecule has 0 fully saturated rings. The van der Waals surface area contributed by atoms with Gasteiger partial charge in [0.1, 0.15) is 0 Å². The maximum atomic E-state index is 5.81. The van der Waals surface area contributed by atoms with Crippen LogP contribution in [0.1, 0.15) is 32.1 Å². The zero-order valence-corrected chi connectivity index (χ0v) is 6.84. The average molecular weight is 149 g/mol. The Morgan fingerprint density at radius 3 is 3.18 bits per heavy atom. The minimum atomic E-state index is 0.251. The smallest absolute Gasteiger partial charge is 0.0297 e. The first-order valence-corrected chi connectivity index (χ1v) is 4.21. The van der Waals surface area contributed by atoms with Crippen molar-refractivity contribution >= 4 is 0 Å². The average Bonchev–Trinajstić information content (AvgIpc) is 2.15. The molecule has 1 unspecified atom stereocenters. The molecule has 0 aromatic heterocycles. The second-order valence-corrected chi connectivity index (χ2v) is 3.12. The molecule has 0 radical (unpaired) electrons. The molecule has 1 aliphatic carbocycles. The van der Waals surface area contributed by atoms with Gasteiger partial charge in [-0.2, -0.15) is 0 Å². The lowest BCUT2D eigenvalue weighted by molar-refractivity contribution is 0.655. The summed E-state index contributed by atoms with van der Waals surface area (Å²) in [4.78, 5) is 0. The molecule has 2 N–H and O–H groups in total. The number of hydrogen-bond donors (Lipinski definition) is 1. The van der Waals surface area contributed by atoms with Crippen LogP contribution in [-0.2, 0) is 0 Å². The van der Waals surface area contributed by atoms with E-state index in [2.05, 4.69) is 12.0 Å². The molecule has 0 saturated heterocycles. The van der Waals surface area contributed by atoms with Gasteiger partial charge in [-0.05, 0) is 19.3 Å². The SMILES string of the molecule is C#CCC1=CC(N)CCCC1. The lowest BCUT2D eigenvalue weighted by Gasteiger charge is -2.02. The van der Waals surface area contributed by atoms with Crippen LogP contribution in [0.2, 0.25) is 0 Å². The van der Waals surface area contributed by atoms with Gasteiger partial charge in [-0.1, -0.05) is 18.1 Å². The predicted octanol–water partition coefficient (Wildman–Crippen LogP) is 1.84. The predicted molar refractivity (Wildman–Crippen MR) is 48.0 cm³/mol. The zero-order valence-electron chi connectivity index (χ0n) is 6.84. The summed E-state index contributed by atoms with van der Waals surface area (Å²) in [5.74, 6) is 2.66. The summed E-state index contributed by atoms with van der Waals surface area (Å²) >= 11 is 0. The van der Waals surface area contributed by atoms with E-state index in [-0.39, 0.29) is 6.04 Å². The number of nitrogens with two attached hydrogens (primary N) is 1. The molecule has 1 atom stereocenters. The molecule has 0 saturated carbocycles. The Morgan fingerprint density at radius 2 is 2.45 bits per heavy atom. The van der Waals surface area contributed by atoms with E-state index in [1.165, 1.54) is 18.4 Å². The summed E-state index contributed by atoms with van der Waals surface area (Å²) < 4.78 is 0. The van der Waals surface area contributed by atoms with Gasteiger partial charge in [-0.25, -0.2) is 0 Å². The highest BCUT2D eigenvalue weighted by Crippen LogP contribution is 2.18. The van der Waals surface area contributed by atoms with Crippen molar-refractivity contribution in [3.63, 3.8) is 0 Å². The molecule has 60 valence electrons. The fourth-order valence-electron chi connectivity index (χ4n) is 1.48. The van der Waals surface area contributed by atoms with Crippen molar-refractivity contribution in [1.29, 1.82) is 0 Å². The Hall–Kier alpha value is -0.740. The zero-order chi connectivity index (χ0) is 8.10. The van der Waals surface area contributed by atoms with E-state index >= 15 is 0 Å². The van der Waals surface area contributed by atoms with Gasteiger partial charge in [0.2, 0.25) is 0 Å². The van der Waals surface area contributed by atoms with E-state index in [0.717, 1.165) is 19.3 Å². The molecule has 0 aromatic rings. The Morgan fingerprint density at radius 1 is 1.64 bits per heavy atom. The van der Waals surface area contributed by atoms with Crippen molar-refractivity contribution in [2.24, 2.45) is 5.73 Å². The van der Waals surface area contributed by atoms with Crippen molar-refractivity contribution in [2.45, 2.75) is 38.1 Å². The molecule has 0 bridgehead atoms. The Bertz CT molecular complexity index is 186. The quantitative estimate of drug-likeness (QED) is 0.447. The highest BCUT2D eigenvalue weighted by molar-refractivity contribution is 5.14. The molecule has 0 aliphatic heterocycles. The summed E-state index contributed by atoms with van der Waals surface area (Å²) in [5.41, 5.74) is 7.17. The van der Waals surface area contributed by atoms with Crippen molar-refractivity contribution in [3.8, 4) is 12.3 Å². The normalized spacial score (nSPS) is 25.1. The van der Waals surface area contributed by atoms with Crippen molar-refractivity contribution in [2.75, 3.05) is 0 Å². The lowest BCUT2D eigenvalue weighted by Crippen LogP contribution is -2.15. The van der Waals surface area contributed by atoms with Gasteiger partial charge in [0.25, 0.3) is 0 Å². The highest BCUT2D eigenvalue weighted by Gasteiger charge is 2.06. The van der Waals surface area contributed by atoms with Gasteiger partial charge >= 0.3 is 0 Å². The topological polar surface area (TPSA) is 26.0 Å². The highest BCUT2D eigenvalue weighted by atomic mass is 14.6. The van der Waals surface area contributed by atoms with Gasteiger partial charge in [-0.15, -0.1) is 12.3 Å². The van der Waals surface area contributed by atoms with E-state index < -0.39 is 0 Å². The molecule has 0 spiro atoms. The number of terminal acetylenes is 1. The van der Waals surface area contributed by atoms with Crippen LogP contribution in [0, 0.1) is 12.3 Å². The Balaban J connectivity index is 2.53. The maximum absolute atomic E-state index is 5.81. The van der Waals surface area contributed by atoms with Crippen molar-refractivity contribution in [1.82, 2.24) is 0 Å². The fourth-order valence-corrected chi connectivity index (χ4v) is 1.48. The van der Waals surface area contributed by atoms with E-state index in [1.807, 2.05) is 0 Å². The Kier molecular flexibility index (Phi) is 3.19. The molecule has 1 heteroatoms. The standard InChI is InChI=1S/C10H15N/c1-2-5-9-6-3-4-7-10(11)8-9/h1,8,10H,3-7,11H2. The summed E-state index contributed by atoms with van der Waals surface area (Å²) in [6.45, 7) is 0. The molecule has 0 aromatic carbocycles. The second kappa shape index (κ2) is 4.20. The molecule has 0 heterocycles. The third-order valence-electron chi connectivity index (χ3n) is 2.06. The van der Waals surface area contributed by atoms with Crippen LogP contribution in [0.3, 0.4) is 0 Å². The first-order chi connectivity index (χ1) is 5.33. The molecule has 1 rings (SSSR count). The summed E-state index contributed by atoms with van der Waals surface area (Å²) in [7, 11) is 0. The van der Waals surface area contributed by atoms with Crippen LogP contribution in [0.15, 0.2) is 11.6 Å². The van der Waals surface area contributed by atoms with Gasteiger partial charge in [0.15, 0.2) is 0 Å². The number of allylic oxidation sites excluding steroid dienone is 1. The van der Waals surface area contributed by atoms with Crippen LogP contribution in [0.4, 0.5) is 0 Å². The van der Waals surface area contributed by atoms with E-state index in [0.29, 0.717) is 0 Å². The first-order valence-electron chi connectivity index (χ1n) is 4.21. The van der Waals surface area contributed by atoms with Gasteiger partial charge in [-0.3, -0.25) is 0 Å². The van der Waals surface area contributed by atoms with Crippen LogP contribution < -0.4 is 5.73 Å². The van der Waals surface area contributed by atoms with Gasteiger partial charge in [0, 0.05) is 12.5 Å². The van der Waals surface area contributed by atoms with Crippen molar-refractivity contribution < 1.29 is 0 Å². The van der Waals surface area contributed by atoms with E-state index in [9.17, 15) is 0 Å². The van der Waals surface area contributed by atoms with Crippen LogP contribution >= 0.6 is 0 Å². The number of rotatable bonds is 1. The van der Waals surface area contributed by atoms with Crippen LogP contribution in [-0.4, -0.2) is 6.04 Å². The maximum Gasteiger partial charge on any atom is 0.0297 e. The third-order valence-corrected chi connectivity index (χ3v) is 2.06. The van der Waals surface area contributed by atoms with Gasteiger partial charge in [0.05, 0.1) is 0 Å². The molecule has 0 amide bonds. The Labute approximate surface area is 68.7 Å². The monoisotopic (exact) mass is 149 g/mol. The largest absolute Gasteiger partial charge is 0.324 e. The van der Waals surface area contributed by atoms with Crippen LogP contribution in [0.5, 0.6) is 0 Å². The van der Waals surface area contributed by atoms with Gasteiger partial charge < -0.3 is 5.73 Å². The third kappa shape index (κ3) is 2.78.